The number of primary amides is 1. The summed E-state index contributed by atoms with van der Waals surface area (Å²) in [6, 6.07) is 18.3. The number of hydrogen-bond donors (Lipinski definition) is 6. The summed E-state index contributed by atoms with van der Waals surface area (Å²) in [4.78, 5) is 93.4. The summed E-state index contributed by atoms with van der Waals surface area (Å²) in [6.45, 7) is 7.59. The highest BCUT2D eigenvalue weighted by Crippen LogP contribution is 2.41. The molecule has 0 fully saturated rings. The van der Waals surface area contributed by atoms with Crippen molar-refractivity contribution in [2.45, 2.75) is 91.0 Å². The summed E-state index contributed by atoms with van der Waals surface area (Å²) < 4.78 is 31.5. The van der Waals surface area contributed by atoms with Gasteiger partial charge in [-0.1, -0.05) is 88.4 Å². The molecule has 7 N–H and O–H groups in total. The molecule has 0 radical (unpaired) electrons. The van der Waals surface area contributed by atoms with E-state index < -0.39 is 95.5 Å². The molecule has 65 heavy (non-hydrogen) atoms. The van der Waals surface area contributed by atoms with E-state index in [4.69, 9.17) is 5.73 Å². The Morgan fingerprint density at radius 3 is 1.98 bits per heavy atom. The zero-order valence-corrected chi connectivity index (χ0v) is 37.5. The molecule has 5 atom stereocenters. The van der Waals surface area contributed by atoms with Gasteiger partial charge < -0.3 is 41.6 Å². The Morgan fingerprint density at radius 2 is 1.40 bits per heavy atom. The van der Waals surface area contributed by atoms with Crippen molar-refractivity contribution in [3.05, 3.63) is 120 Å². The first-order chi connectivity index (χ1) is 30.7. The van der Waals surface area contributed by atoms with Crippen molar-refractivity contribution in [2.75, 3.05) is 20.2 Å². The third-order valence-electron chi connectivity index (χ3n) is 10.8. The Bertz CT molecular complexity index is 2320. The molecule has 1 aromatic heterocycles. The summed E-state index contributed by atoms with van der Waals surface area (Å²) in [6.07, 6.45) is 0.487. The van der Waals surface area contributed by atoms with Gasteiger partial charge in [-0.05, 0) is 54.2 Å². The molecule has 1 heterocycles. The summed E-state index contributed by atoms with van der Waals surface area (Å²) >= 11 is 0. The van der Waals surface area contributed by atoms with Gasteiger partial charge in [0, 0.05) is 55.5 Å². The van der Waals surface area contributed by atoms with Crippen molar-refractivity contribution in [2.24, 2.45) is 17.1 Å². The van der Waals surface area contributed by atoms with E-state index in [1.807, 2.05) is 61.7 Å². The van der Waals surface area contributed by atoms with Crippen LogP contribution in [-0.2, 0) is 46.5 Å². The van der Waals surface area contributed by atoms with Gasteiger partial charge in [-0.2, -0.15) is 0 Å². The van der Waals surface area contributed by atoms with E-state index in [1.54, 1.807) is 36.5 Å². The first kappa shape index (κ1) is 50.9. The molecule has 0 spiro atoms. The van der Waals surface area contributed by atoms with Crippen molar-refractivity contribution in [3.8, 4) is 11.1 Å². The van der Waals surface area contributed by atoms with Crippen LogP contribution in [0.25, 0.3) is 11.1 Å². The van der Waals surface area contributed by atoms with Gasteiger partial charge in [-0.15, -0.1) is 0 Å². The van der Waals surface area contributed by atoms with Crippen molar-refractivity contribution in [1.29, 1.82) is 0 Å². The van der Waals surface area contributed by atoms with Gasteiger partial charge in [-0.3, -0.25) is 33.6 Å². The van der Waals surface area contributed by atoms with E-state index in [-0.39, 0.29) is 43.8 Å². The molecule has 0 aliphatic carbocycles. The van der Waals surface area contributed by atoms with Crippen LogP contribution in [0.1, 0.15) is 76.7 Å². The second-order valence-electron chi connectivity index (χ2n) is 17.1. The Morgan fingerprint density at radius 1 is 0.785 bits per heavy atom. The van der Waals surface area contributed by atoms with Crippen molar-refractivity contribution in [3.63, 3.8) is 0 Å². The van der Waals surface area contributed by atoms with E-state index in [0.717, 1.165) is 29.3 Å². The number of aromatic nitrogens is 1. The molecule has 4 rings (SSSR count). The van der Waals surface area contributed by atoms with Crippen LogP contribution < -0.4 is 27.0 Å². The molecular weight excluding hydrogens is 841 g/mol. The Balaban J connectivity index is 1.56. The largest absolute Gasteiger partial charge is 0.387 e. The van der Waals surface area contributed by atoms with E-state index in [0.29, 0.717) is 11.3 Å². The highest BCUT2D eigenvalue weighted by atomic mass is 19.1. The van der Waals surface area contributed by atoms with Crippen LogP contribution in [0.4, 0.5) is 8.78 Å². The second-order valence-corrected chi connectivity index (χ2v) is 17.1. The standard InChI is InChI=1S/C48H59F2N7O8/c1-29(21-40(59)30(2)53-42(61)22-31-13-9-7-10-14-31)45(63)55-38(25-41(51)60)47(65)54-37(46(64)52-6)19-20-57(43(62)28-58)44(48(3,4)5)39-23-33(35-24-34(49)17-18-36(35)50)27-56(39)26-32-15-11-8-12-16-32/h7-18,23-24,27,29-30,37-38,44,58H,19-22,25-26,28H2,1-6H3,(H2,51,60)(H,52,64)(H,53,61)(H,54,65)(H,55,63)/t29-,30-,37-,38-,44-/m0/s1. The first-order valence-corrected chi connectivity index (χ1v) is 21.3. The molecule has 17 heteroatoms. The summed E-state index contributed by atoms with van der Waals surface area (Å²) in [5.74, 6) is -7.29. The predicted octanol–water partition coefficient (Wildman–Crippen LogP) is 3.71. The van der Waals surface area contributed by atoms with Gasteiger partial charge in [0.15, 0.2) is 5.78 Å². The number of halogens is 2. The molecule has 0 saturated carbocycles. The fraction of sp³-hybridized carbons (Fsp3) is 0.396. The zero-order valence-electron chi connectivity index (χ0n) is 37.5. The van der Waals surface area contributed by atoms with Crippen molar-refractivity contribution in [1.82, 2.24) is 30.7 Å². The van der Waals surface area contributed by atoms with Crippen molar-refractivity contribution < 1.29 is 47.4 Å². The third-order valence-corrected chi connectivity index (χ3v) is 10.8. The van der Waals surface area contributed by atoms with E-state index in [2.05, 4.69) is 21.3 Å². The van der Waals surface area contributed by atoms with Gasteiger partial charge in [0.1, 0.15) is 30.3 Å². The van der Waals surface area contributed by atoms with Crippen LogP contribution in [0.3, 0.4) is 0 Å². The lowest BCUT2D eigenvalue weighted by Gasteiger charge is -2.41. The molecule has 0 aliphatic rings. The molecule has 0 saturated heterocycles. The van der Waals surface area contributed by atoms with E-state index >= 15 is 4.39 Å². The van der Waals surface area contributed by atoms with Gasteiger partial charge in [-0.25, -0.2) is 8.78 Å². The molecular formula is C48H59F2N7O8. The molecule has 0 bridgehead atoms. The lowest BCUT2D eigenvalue weighted by Crippen LogP contribution is -2.56. The number of ketones is 1. The molecule has 0 unspecified atom stereocenters. The monoisotopic (exact) mass is 899 g/mol. The minimum Gasteiger partial charge on any atom is -0.387 e. The fourth-order valence-corrected chi connectivity index (χ4v) is 7.53. The molecule has 0 aliphatic heterocycles. The highest BCUT2D eigenvalue weighted by molar-refractivity contribution is 5.96. The van der Waals surface area contributed by atoms with Crippen molar-refractivity contribution >= 4 is 41.2 Å². The number of carbonyl (C=O) groups is 7. The van der Waals surface area contributed by atoms with Crippen LogP contribution in [0.15, 0.2) is 91.1 Å². The molecule has 348 valence electrons. The Labute approximate surface area is 377 Å². The van der Waals surface area contributed by atoms with Crippen LogP contribution in [0.5, 0.6) is 0 Å². The average molecular weight is 900 g/mol. The normalized spacial score (nSPS) is 13.6. The molecule has 4 aromatic rings. The number of carbonyl (C=O) groups excluding carboxylic acids is 7. The van der Waals surface area contributed by atoms with Gasteiger partial charge in [0.25, 0.3) is 0 Å². The quantitative estimate of drug-likeness (QED) is 0.0681. The first-order valence-electron chi connectivity index (χ1n) is 21.3. The lowest BCUT2D eigenvalue weighted by atomic mass is 9.82. The topological polar surface area (TPSA) is 222 Å². The van der Waals surface area contributed by atoms with Gasteiger partial charge >= 0.3 is 0 Å². The minimum absolute atomic E-state index is 0.00988. The minimum atomic E-state index is -1.58. The van der Waals surface area contributed by atoms with Gasteiger partial charge in [0.05, 0.1) is 24.9 Å². The van der Waals surface area contributed by atoms with Crippen LogP contribution in [-0.4, -0.2) is 94.1 Å². The Hall–Kier alpha value is -6.75. The van der Waals surface area contributed by atoms with Crippen LogP contribution >= 0.6 is 0 Å². The number of aliphatic hydroxyl groups excluding tert-OH is 1. The number of rotatable bonds is 22. The lowest BCUT2D eigenvalue weighted by molar-refractivity contribution is -0.140. The van der Waals surface area contributed by atoms with E-state index in [1.165, 1.54) is 25.8 Å². The van der Waals surface area contributed by atoms with Gasteiger partial charge in [0.2, 0.25) is 35.4 Å². The summed E-state index contributed by atoms with van der Waals surface area (Å²) in [7, 11) is 1.33. The third kappa shape index (κ3) is 14.6. The molecule has 6 amide bonds. The van der Waals surface area contributed by atoms with Crippen LogP contribution in [0, 0.1) is 23.0 Å². The predicted molar refractivity (Wildman–Crippen MR) is 239 cm³/mol. The SMILES string of the molecule is CNC(=O)[C@H](CCN(C(=O)CO)[C@@H](c1cc(-c2cc(F)ccc2F)cn1Cc1ccccc1)C(C)(C)C)NC(=O)[C@H](CC(N)=O)NC(=O)[C@@H](C)CC(=O)[C@H](C)NC(=O)Cc1ccccc1. The maximum absolute atomic E-state index is 15.2. The maximum Gasteiger partial charge on any atom is 0.248 e. The van der Waals surface area contributed by atoms with Crippen LogP contribution in [0.2, 0.25) is 0 Å². The number of likely N-dealkylation sites (N-methyl/N-ethyl adjacent to an activating group) is 1. The summed E-state index contributed by atoms with van der Waals surface area (Å²) in [5.41, 5.74) is 7.11. The average Bonchev–Trinajstić information content (AvgIpc) is 3.66. The number of nitrogens with one attached hydrogen (secondary N) is 4. The number of aliphatic hydroxyl groups is 1. The number of benzene rings is 3. The second kappa shape index (κ2) is 23.3. The van der Waals surface area contributed by atoms with E-state index in [9.17, 15) is 43.1 Å². The summed E-state index contributed by atoms with van der Waals surface area (Å²) in [5, 5.41) is 20.4. The molecule has 3 aromatic carbocycles. The number of nitrogens with two attached hydrogens (primary N) is 1. The number of Topliss-reactive ketones (excluding diaryl/α,β-unsaturated/α-hetero) is 1. The fourth-order valence-electron chi connectivity index (χ4n) is 7.53. The smallest absolute Gasteiger partial charge is 0.248 e. The number of hydrogen-bond acceptors (Lipinski definition) is 8. The number of nitrogens with zero attached hydrogens (tertiary/aromatic N) is 2. The zero-order chi connectivity index (χ0) is 48.0. The number of amides is 6. The maximum atomic E-state index is 15.2. The highest BCUT2D eigenvalue weighted by Gasteiger charge is 2.38. The molecule has 15 nitrogen and oxygen atoms in total. The Kier molecular flexibility index (Phi) is 18.2.